The minimum absolute atomic E-state index is 0.0569. The molecular weight excluding hydrogens is 284 g/mol. The van der Waals surface area contributed by atoms with E-state index in [0.717, 1.165) is 25.7 Å². The van der Waals surface area contributed by atoms with Crippen molar-refractivity contribution in [3.8, 4) is 0 Å². The van der Waals surface area contributed by atoms with E-state index in [0.29, 0.717) is 12.2 Å². The Balaban J connectivity index is 2.12. The van der Waals surface area contributed by atoms with Crippen LogP contribution in [0.3, 0.4) is 0 Å². The summed E-state index contributed by atoms with van der Waals surface area (Å²) in [5.74, 6) is 0. The SMILES string of the molecule is CCCC1(CNS(=O)(=O)c2cc(N)ccc2Cl)CC1. The van der Waals surface area contributed by atoms with Gasteiger partial charge in [-0.2, -0.15) is 0 Å². The molecule has 0 amide bonds. The maximum Gasteiger partial charge on any atom is 0.242 e. The molecule has 0 saturated heterocycles. The van der Waals surface area contributed by atoms with Crippen molar-refractivity contribution >= 4 is 27.3 Å². The summed E-state index contributed by atoms with van der Waals surface area (Å²) in [7, 11) is -3.59. The zero-order valence-corrected chi connectivity index (χ0v) is 12.5. The summed E-state index contributed by atoms with van der Waals surface area (Å²) in [6.07, 6.45) is 4.31. The highest BCUT2D eigenvalue weighted by Gasteiger charge is 2.42. The molecule has 1 saturated carbocycles. The number of hydrogen-bond donors (Lipinski definition) is 2. The molecule has 0 unspecified atom stereocenters. The van der Waals surface area contributed by atoms with E-state index >= 15 is 0 Å². The van der Waals surface area contributed by atoms with Crippen LogP contribution >= 0.6 is 11.6 Å². The Bertz CT molecular complexity index is 568. The van der Waals surface area contributed by atoms with Crippen molar-refractivity contribution < 1.29 is 8.42 Å². The fraction of sp³-hybridized carbons (Fsp3) is 0.538. The maximum absolute atomic E-state index is 12.2. The fourth-order valence-corrected chi connectivity index (χ4v) is 3.96. The van der Waals surface area contributed by atoms with Crippen molar-refractivity contribution in [2.75, 3.05) is 12.3 Å². The molecule has 0 radical (unpaired) electrons. The highest BCUT2D eigenvalue weighted by molar-refractivity contribution is 7.89. The molecule has 4 nitrogen and oxygen atoms in total. The molecule has 2 rings (SSSR count). The highest BCUT2D eigenvalue weighted by Crippen LogP contribution is 2.49. The van der Waals surface area contributed by atoms with Crippen molar-refractivity contribution in [2.24, 2.45) is 5.41 Å². The van der Waals surface area contributed by atoms with Crippen LogP contribution in [-0.2, 0) is 10.0 Å². The molecule has 1 aliphatic rings. The summed E-state index contributed by atoms with van der Waals surface area (Å²) in [5.41, 5.74) is 6.17. The fourth-order valence-electron chi connectivity index (χ4n) is 2.27. The van der Waals surface area contributed by atoms with Gasteiger partial charge in [0.25, 0.3) is 0 Å². The lowest BCUT2D eigenvalue weighted by Crippen LogP contribution is -2.30. The Labute approximate surface area is 119 Å². The number of nitrogen functional groups attached to an aromatic ring is 1. The van der Waals surface area contributed by atoms with Gasteiger partial charge in [-0.1, -0.05) is 24.9 Å². The lowest BCUT2D eigenvalue weighted by atomic mass is 10.0. The lowest BCUT2D eigenvalue weighted by Gasteiger charge is -2.15. The molecule has 0 spiro atoms. The zero-order valence-electron chi connectivity index (χ0n) is 10.9. The molecule has 3 N–H and O–H groups in total. The molecule has 19 heavy (non-hydrogen) atoms. The Morgan fingerprint density at radius 2 is 2.11 bits per heavy atom. The van der Waals surface area contributed by atoms with Crippen LogP contribution in [0.4, 0.5) is 5.69 Å². The van der Waals surface area contributed by atoms with Gasteiger partial charge >= 0.3 is 0 Å². The highest BCUT2D eigenvalue weighted by atomic mass is 35.5. The number of hydrogen-bond acceptors (Lipinski definition) is 3. The summed E-state index contributed by atoms with van der Waals surface area (Å²) in [4.78, 5) is 0.0569. The first-order valence-corrected chi connectivity index (χ1v) is 8.29. The number of halogens is 1. The second-order valence-corrected chi connectivity index (χ2v) is 7.41. The van der Waals surface area contributed by atoms with Crippen LogP contribution < -0.4 is 10.5 Å². The third-order valence-electron chi connectivity index (χ3n) is 3.62. The maximum atomic E-state index is 12.2. The average molecular weight is 303 g/mol. The van der Waals surface area contributed by atoms with Gasteiger partial charge in [-0.3, -0.25) is 0 Å². The molecule has 6 heteroatoms. The molecule has 0 bridgehead atoms. The van der Waals surface area contributed by atoms with Crippen LogP contribution in [0.1, 0.15) is 32.6 Å². The normalized spacial score (nSPS) is 17.4. The van der Waals surface area contributed by atoms with Crippen LogP contribution in [-0.4, -0.2) is 15.0 Å². The second kappa shape index (κ2) is 5.31. The van der Waals surface area contributed by atoms with E-state index in [1.807, 2.05) is 0 Å². The lowest BCUT2D eigenvalue weighted by molar-refractivity contribution is 0.449. The number of nitrogens with two attached hydrogens (primary N) is 1. The van der Waals surface area contributed by atoms with Gasteiger partial charge < -0.3 is 5.73 Å². The summed E-state index contributed by atoms with van der Waals surface area (Å²) < 4.78 is 27.1. The monoisotopic (exact) mass is 302 g/mol. The first-order valence-electron chi connectivity index (χ1n) is 6.43. The minimum atomic E-state index is -3.59. The van der Waals surface area contributed by atoms with Crippen LogP contribution in [0.25, 0.3) is 0 Å². The zero-order chi connectivity index (χ0) is 14.1. The molecule has 1 aliphatic carbocycles. The Hall–Kier alpha value is -0.780. The van der Waals surface area contributed by atoms with E-state index < -0.39 is 10.0 Å². The number of sulfonamides is 1. The van der Waals surface area contributed by atoms with Crippen molar-refractivity contribution in [2.45, 2.75) is 37.5 Å². The van der Waals surface area contributed by atoms with Gasteiger partial charge in [0.05, 0.1) is 5.02 Å². The molecule has 1 fully saturated rings. The Morgan fingerprint density at radius 3 is 2.68 bits per heavy atom. The van der Waals surface area contributed by atoms with Crippen molar-refractivity contribution in [1.29, 1.82) is 0 Å². The van der Waals surface area contributed by atoms with E-state index in [1.165, 1.54) is 12.1 Å². The first kappa shape index (κ1) is 14.6. The van der Waals surface area contributed by atoms with Crippen LogP contribution in [0, 0.1) is 5.41 Å². The van der Waals surface area contributed by atoms with Gasteiger partial charge in [-0.25, -0.2) is 13.1 Å². The van der Waals surface area contributed by atoms with E-state index in [9.17, 15) is 8.42 Å². The first-order chi connectivity index (χ1) is 8.88. The molecule has 0 atom stereocenters. The minimum Gasteiger partial charge on any atom is -0.399 e. The molecule has 106 valence electrons. The topological polar surface area (TPSA) is 72.2 Å². The predicted octanol–water partition coefficient (Wildman–Crippen LogP) is 2.78. The van der Waals surface area contributed by atoms with Gasteiger partial charge in [0.2, 0.25) is 10.0 Å². The molecular formula is C13H19ClN2O2S. The van der Waals surface area contributed by atoms with Crippen molar-refractivity contribution in [3.63, 3.8) is 0 Å². The van der Waals surface area contributed by atoms with Crippen LogP contribution in [0.5, 0.6) is 0 Å². The van der Waals surface area contributed by atoms with Gasteiger partial charge in [-0.05, 0) is 42.9 Å². The van der Waals surface area contributed by atoms with Crippen LogP contribution in [0.2, 0.25) is 5.02 Å². The Kier molecular flexibility index (Phi) is 4.08. The predicted molar refractivity (Wildman–Crippen MR) is 77.6 cm³/mol. The number of benzene rings is 1. The van der Waals surface area contributed by atoms with E-state index in [-0.39, 0.29) is 15.3 Å². The van der Waals surface area contributed by atoms with E-state index in [2.05, 4.69) is 11.6 Å². The van der Waals surface area contributed by atoms with Gasteiger partial charge in [-0.15, -0.1) is 0 Å². The van der Waals surface area contributed by atoms with Crippen LogP contribution in [0.15, 0.2) is 23.1 Å². The summed E-state index contributed by atoms with van der Waals surface area (Å²) >= 11 is 5.93. The molecule has 1 aromatic rings. The largest absolute Gasteiger partial charge is 0.399 e. The molecule has 0 aliphatic heterocycles. The summed E-state index contributed by atoms with van der Waals surface area (Å²) in [6, 6.07) is 4.48. The Morgan fingerprint density at radius 1 is 1.42 bits per heavy atom. The number of nitrogens with one attached hydrogen (secondary N) is 1. The second-order valence-electron chi connectivity index (χ2n) is 5.26. The smallest absolute Gasteiger partial charge is 0.242 e. The standard InChI is InChI=1S/C13H19ClN2O2S/c1-2-5-13(6-7-13)9-16-19(17,18)12-8-10(15)3-4-11(12)14/h3-4,8,16H,2,5-7,9,15H2,1H3. The molecule has 1 aromatic carbocycles. The summed E-state index contributed by atoms with van der Waals surface area (Å²) in [5, 5.41) is 0.196. The van der Waals surface area contributed by atoms with Crippen molar-refractivity contribution in [1.82, 2.24) is 4.72 Å². The van der Waals surface area contributed by atoms with E-state index in [4.69, 9.17) is 17.3 Å². The van der Waals surface area contributed by atoms with Gasteiger partial charge in [0.1, 0.15) is 4.90 Å². The third-order valence-corrected chi connectivity index (χ3v) is 5.50. The number of anilines is 1. The third kappa shape index (κ3) is 3.41. The quantitative estimate of drug-likeness (QED) is 0.794. The van der Waals surface area contributed by atoms with Gasteiger partial charge in [0.15, 0.2) is 0 Å². The van der Waals surface area contributed by atoms with Gasteiger partial charge in [0, 0.05) is 12.2 Å². The molecule has 0 heterocycles. The average Bonchev–Trinajstić information content (AvgIpc) is 3.11. The van der Waals surface area contributed by atoms with E-state index in [1.54, 1.807) is 6.07 Å². The number of rotatable bonds is 6. The molecule has 0 aromatic heterocycles. The van der Waals surface area contributed by atoms with Crippen molar-refractivity contribution in [3.05, 3.63) is 23.2 Å². The summed E-state index contributed by atoms with van der Waals surface area (Å²) in [6.45, 7) is 2.59.